The fraction of sp³-hybridized carbons (Fsp3) is 1.00. The van der Waals surface area contributed by atoms with E-state index in [9.17, 15) is 0 Å². The Bertz CT molecular complexity index is 126. The van der Waals surface area contributed by atoms with Crippen LogP contribution in [0.2, 0.25) is 39.3 Å². The minimum Gasteiger partial charge on any atom is -0.433 e. The normalized spacial score (nSPS) is 9.71. The van der Waals surface area contributed by atoms with Crippen molar-refractivity contribution in [3.63, 3.8) is 0 Å². The molecule has 21 heavy (non-hydrogen) atoms. The third-order valence-electron chi connectivity index (χ3n) is 1.02. The van der Waals surface area contributed by atoms with Crippen LogP contribution < -0.4 is 0 Å². The van der Waals surface area contributed by atoms with Crippen molar-refractivity contribution in [2.24, 2.45) is 0 Å². The van der Waals surface area contributed by atoms with Gasteiger partial charge >= 0.3 is 0 Å². The maximum atomic E-state index is 8.66. The van der Waals surface area contributed by atoms with Crippen LogP contribution in [-0.4, -0.2) is 49.7 Å². The summed E-state index contributed by atoms with van der Waals surface area (Å²) in [6, 6.07) is 0. The Morgan fingerprint density at radius 3 is 0.762 bits per heavy atom. The number of hydrogen-bond donors (Lipinski definition) is 4. The number of unbranched alkanes of at least 4 members (excludes halogenated alkanes) is 2. The topological polar surface area (TPSA) is 80.9 Å². The molecular formula is C14H40O4Si2Zr. The second-order valence-corrected chi connectivity index (χ2v) is 15.2. The monoisotopic (exact) mass is 418 g/mol. The molecule has 0 aromatic carbocycles. The predicted molar refractivity (Wildman–Crippen MR) is 95.1 cm³/mol. The molecular weight excluding hydrogens is 380 g/mol. The van der Waals surface area contributed by atoms with E-state index < -0.39 is 16.6 Å². The molecule has 0 aromatic rings. The molecule has 7 heteroatoms. The fourth-order valence-corrected chi connectivity index (χ4v) is 0.316. The van der Waals surface area contributed by atoms with Gasteiger partial charge in [0.1, 0.15) is 0 Å². The van der Waals surface area contributed by atoms with Gasteiger partial charge in [-0.1, -0.05) is 26.7 Å². The molecule has 0 spiro atoms. The van der Waals surface area contributed by atoms with E-state index in [4.69, 9.17) is 19.8 Å². The Morgan fingerprint density at radius 2 is 0.762 bits per heavy atom. The van der Waals surface area contributed by atoms with Crippen LogP contribution in [0.3, 0.4) is 0 Å². The van der Waals surface area contributed by atoms with E-state index in [1.807, 2.05) is 39.3 Å². The van der Waals surface area contributed by atoms with Crippen LogP contribution in [0.15, 0.2) is 0 Å². The number of rotatable bonds is 4. The van der Waals surface area contributed by atoms with Crippen molar-refractivity contribution in [2.75, 3.05) is 13.2 Å². The second kappa shape index (κ2) is 23.4. The quantitative estimate of drug-likeness (QED) is 0.528. The van der Waals surface area contributed by atoms with Crippen LogP contribution in [0.25, 0.3) is 0 Å². The predicted octanol–water partition coefficient (Wildman–Crippen LogP) is 3.18. The van der Waals surface area contributed by atoms with Gasteiger partial charge in [0.25, 0.3) is 0 Å². The number of aliphatic hydroxyl groups is 2. The largest absolute Gasteiger partial charge is 0.433 e. The number of hydrogen-bond acceptors (Lipinski definition) is 4. The van der Waals surface area contributed by atoms with Gasteiger partial charge in [-0.15, -0.1) is 0 Å². The maximum Gasteiger partial charge on any atom is 0.179 e. The molecule has 0 aliphatic rings. The number of aliphatic hydroxyl groups excluding tert-OH is 2. The van der Waals surface area contributed by atoms with Crippen molar-refractivity contribution in [3.05, 3.63) is 0 Å². The first kappa shape index (κ1) is 33.7. The van der Waals surface area contributed by atoms with E-state index in [0.29, 0.717) is 13.2 Å². The first-order valence-electron chi connectivity index (χ1n) is 7.49. The molecule has 0 rings (SSSR count). The van der Waals surface area contributed by atoms with Gasteiger partial charge in [-0.3, -0.25) is 0 Å². The van der Waals surface area contributed by atoms with E-state index in [0.717, 1.165) is 25.7 Å². The molecule has 0 saturated heterocycles. The van der Waals surface area contributed by atoms with Gasteiger partial charge < -0.3 is 19.8 Å². The summed E-state index contributed by atoms with van der Waals surface area (Å²) in [7, 11) is -3.22. The van der Waals surface area contributed by atoms with E-state index in [1.54, 1.807) is 0 Å². The Kier molecular flexibility index (Phi) is 37.6. The Morgan fingerprint density at radius 1 is 0.619 bits per heavy atom. The summed E-state index contributed by atoms with van der Waals surface area (Å²) in [6.07, 6.45) is 4.08. The third kappa shape index (κ3) is 292. The van der Waals surface area contributed by atoms with Crippen molar-refractivity contribution in [2.45, 2.75) is 78.8 Å². The summed E-state index contributed by atoms with van der Waals surface area (Å²) in [5, 5.41) is 16.1. The summed E-state index contributed by atoms with van der Waals surface area (Å²) in [5.74, 6) is 0. The first-order chi connectivity index (χ1) is 8.83. The standard InChI is InChI=1S/2C4H10O.2C3H10OSi.Zr/c2*1-2-3-4-5;2*1-5(2,3)4;/h2*5H,2-4H2,1H3;2*4H,1-3H3;. The zero-order valence-electron chi connectivity index (χ0n) is 15.5. The van der Waals surface area contributed by atoms with E-state index in [1.165, 1.54) is 0 Å². The Hall–Kier alpha value is 1.16. The van der Waals surface area contributed by atoms with Crippen molar-refractivity contribution in [1.29, 1.82) is 0 Å². The van der Waals surface area contributed by atoms with Gasteiger partial charge in [-0.05, 0) is 52.1 Å². The Balaban J connectivity index is -0.0000000533. The molecule has 4 nitrogen and oxygen atoms in total. The average molecular weight is 420 g/mol. The van der Waals surface area contributed by atoms with Crippen LogP contribution in [0, 0.1) is 0 Å². The molecule has 132 valence electrons. The van der Waals surface area contributed by atoms with Gasteiger partial charge in [-0.25, -0.2) is 0 Å². The summed E-state index contributed by atoms with van der Waals surface area (Å²) >= 11 is 0. The van der Waals surface area contributed by atoms with Gasteiger partial charge in [0.2, 0.25) is 0 Å². The summed E-state index contributed by atoms with van der Waals surface area (Å²) in [5.41, 5.74) is 0. The second-order valence-electron chi connectivity index (χ2n) is 6.50. The van der Waals surface area contributed by atoms with Gasteiger partial charge in [0.15, 0.2) is 16.6 Å². The molecule has 0 unspecified atom stereocenters. The zero-order chi connectivity index (χ0) is 17.2. The molecule has 0 bridgehead atoms. The van der Waals surface area contributed by atoms with Crippen LogP contribution >= 0.6 is 0 Å². The SMILES string of the molecule is CCCCO.CCCCO.C[Si](C)(C)O.C[Si](C)(C)O.[Zr]. The van der Waals surface area contributed by atoms with E-state index >= 15 is 0 Å². The molecule has 0 aromatic heterocycles. The van der Waals surface area contributed by atoms with Crippen LogP contribution in [-0.2, 0) is 26.2 Å². The van der Waals surface area contributed by atoms with Crippen molar-refractivity contribution >= 4 is 16.6 Å². The first-order valence-corrected chi connectivity index (χ1v) is 14.4. The van der Waals surface area contributed by atoms with Crippen LogP contribution in [0.5, 0.6) is 0 Å². The zero-order valence-corrected chi connectivity index (χ0v) is 20.0. The smallest absolute Gasteiger partial charge is 0.179 e. The maximum absolute atomic E-state index is 8.66. The summed E-state index contributed by atoms with van der Waals surface area (Å²) < 4.78 is 0. The fourth-order valence-electron chi connectivity index (χ4n) is 0.316. The molecule has 0 aliphatic heterocycles. The molecule has 4 N–H and O–H groups in total. The molecule has 0 heterocycles. The molecule has 0 fully saturated rings. The Labute approximate surface area is 154 Å². The van der Waals surface area contributed by atoms with Crippen molar-refractivity contribution in [3.8, 4) is 0 Å². The van der Waals surface area contributed by atoms with Crippen molar-refractivity contribution < 1.29 is 46.0 Å². The minimum atomic E-state index is -1.61. The van der Waals surface area contributed by atoms with Crippen LogP contribution in [0.1, 0.15) is 39.5 Å². The van der Waals surface area contributed by atoms with E-state index in [2.05, 4.69) is 13.8 Å². The van der Waals surface area contributed by atoms with E-state index in [-0.39, 0.29) is 26.2 Å². The summed E-state index contributed by atoms with van der Waals surface area (Å²) in [6.45, 7) is 16.1. The third-order valence-corrected chi connectivity index (χ3v) is 1.02. The van der Waals surface area contributed by atoms with Crippen molar-refractivity contribution in [1.82, 2.24) is 0 Å². The molecule has 0 atom stereocenters. The van der Waals surface area contributed by atoms with Crippen LogP contribution in [0.4, 0.5) is 0 Å². The minimum absolute atomic E-state index is 0. The molecule has 0 saturated carbocycles. The van der Waals surface area contributed by atoms with Gasteiger partial charge in [0, 0.05) is 39.4 Å². The molecule has 0 aliphatic carbocycles. The summed E-state index contributed by atoms with van der Waals surface area (Å²) in [4.78, 5) is 17.3. The molecule has 0 radical (unpaired) electrons. The van der Waals surface area contributed by atoms with Gasteiger partial charge in [0.05, 0.1) is 0 Å². The molecule has 0 amide bonds. The average Bonchev–Trinajstić information content (AvgIpc) is 2.15. The van der Waals surface area contributed by atoms with Gasteiger partial charge in [-0.2, -0.15) is 0 Å².